The fourth-order valence-corrected chi connectivity index (χ4v) is 3.22. The van der Waals surface area contributed by atoms with Gasteiger partial charge in [-0.25, -0.2) is 9.67 Å². The third kappa shape index (κ3) is 3.49. The minimum absolute atomic E-state index is 0.165. The van der Waals surface area contributed by atoms with Crippen molar-refractivity contribution in [3.63, 3.8) is 0 Å². The van der Waals surface area contributed by atoms with Gasteiger partial charge in [0.15, 0.2) is 17.9 Å². The Hall–Kier alpha value is -2.64. The van der Waals surface area contributed by atoms with Crippen molar-refractivity contribution in [2.45, 2.75) is 18.8 Å². The van der Waals surface area contributed by atoms with Crippen molar-refractivity contribution in [3.8, 4) is 5.69 Å². The van der Waals surface area contributed by atoms with Gasteiger partial charge in [0.25, 0.3) is 5.91 Å². The van der Waals surface area contributed by atoms with Crippen molar-refractivity contribution < 1.29 is 9.21 Å². The van der Waals surface area contributed by atoms with Gasteiger partial charge in [0.05, 0.1) is 5.69 Å². The number of carbonyl (C=O) groups is 1. The summed E-state index contributed by atoms with van der Waals surface area (Å²) in [5.41, 5.74) is 1.17. The Morgan fingerprint density at radius 3 is 2.92 bits per heavy atom. The summed E-state index contributed by atoms with van der Waals surface area (Å²) in [6, 6.07) is 9.02. The summed E-state index contributed by atoms with van der Waals surface area (Å²) in [4.78, 5) is 16.7. The van der Waals surface area contributed by atoms with Crippen LogP contribution in [0.25, 0.3) is 5.69 Å². The normalized spacial score (nSPS) is 17.2. The third-order valence-electron chi connectivity index (χ3n) is 4.40. The van der Waals surface area contributed by atoms with Crippen molar-refractivity contribution in [2.75, 3.05) is 18.4 Å². The number of carbonyl (C=O) groups excluding carboxylic acids is 1. The predicted octanol–water partition coefficient (Wildman–Crippen LogP) is 3.23. The van der Waals surface area contributed by atoms with Crippen molar-refractivity contribution in [3.05, 3.63) is 59.4 Å². The largest absolute Gasteiger partial charge is 0.447 e. The Morgan fingerprint density at radius 1 is 1.31 bits per heavy atom. The second-order valence-corrected chi connectivity index (χ2v) is 6.62. The Morgan fingerprint density at radius 2 is 2.15 bits per heavy atom. The molecular weight excluding hydrogens is 354 g/mol. The van der Waals surface area contributed by atoms with E-state index in [1.807, 2.05) is 12.1 Å². The van der Waals surface area contributed by atoms with Gasteiger partial charge in [-0.2, -0.15) is 5.10 Å². The highest BCUT2D eigenvalue weighted by molar-refractivity contribution is 6.30. The van der Waals surface area contributed by atoms with E-state index in [9.17, 15) is 4.79 Å². The average molecular weight is 372 g/mol. The van der Waals surface area contributed by atoms with Crippen LogP contribution in [-0.4, -0.2) is 33.8 Å². The number of nitrogens with zero attached hydrogens (tertiary/aromatic N) is 3. The summed E-state index contributed by atoms with van der Waals surface area (Å²) < 4.78 is 7.17. The topological polar surface area (TPSA) is 85.0 Å². The fourth-order valence-electron chi connectivity index (χ4n) is 3.09. The molecule has 1 aliphatic heterocycles. The lowest BCUT2D eigenvalue weighted by Crippen LogP contribution is -2.29. The van der Waals surface area contributed by atoms with Crippen molar-refractivity contribution in [1.29, 1.82) is 0 Å². The van der Waals surface area contributed by atoms with E-state index in [1.54, 1.807) is 29.1 Å². The molecule has 1 aromatic carbocycles. The molecule has 0 spiro atoms. The smallest absolute Gasteiger partial charge is 0.279 e. The number of benzene rings is 1. The van der Waals surface area contributed by atoms with Crippen LogP contribution in [0.1, 0.15) is 35.0 Å². The standard InChI is InChI=1S/C18H18ClN5O2/c19-13-3-5-14(6-4-13)24-9-7-15(23-24)22-18(25)16-17(26-11-21-16)12-2-1-8-20-10-12/h3-7,9,11-12,20H,1-2,8,10H2,(H,22,23,25). The summed E-state index contributed by atoms with van der Waals surface area (Å²) in [5, 5.41) is 11.1. The first-order valence-corrected chi connectivity index (χ1v) is 8.85. The zero-order chi connectivity index (χ0) is 17.9. The monoisotopic (exact) mass is 371 g/mol. The van der Waals surface area contributed by atoms with Gasteiger partial charge < -0.3 is 15.1 Å². The van der Waals surface area contributed by atoms with Gasteiger partial charge in [-0.05, 0) is 43.7 Å². The van der Waals surface area contributed by atoms with Crippen LogP contribution in [0.2, 0.25) is 5.02 Å². The number of rotatable bonds is 4. The lowest BCUT2D eigenvalue weighted by molar-refractivity contribution is 0.101. The number of anilines is 1. The fraction of sp³-hybridized carbons (Fsp3) is 0.278. The summed E-state index contributed by atoms with van der Waals surface area (Å²) in [6.07, 6.45) is 5.13. The highest BCUT2D eigenvalue weighted by atomic mass is 35.5. The SMILES string of the molecule is O=C(Nc1ccn(-c2ccc(Cl)cc2)n1)c1ncoc1C1CCCNC1. The number of hydrogen-bond acceptors (Lipinski definition) is 5. The molecule has 1 saturated heterocycles. The molecule has 1 aliphatic rings. The molecule has 2 N–H and O–H groups in total. The summed E-state index contributed by atoms with van der Waals surface area (Å²) in [5.74, 6) is 0.923. The molecule has 0 aliphatic carbocycles. The number of hydrogen-bond donors (Lipinski definition) is 2. The van der Waals surface area contributed by atoms with E-state index in [0.717, 1.165) is 31.6 Å². The summed E-state index contributed by atoms with van der Waals surface area (Å²) >= 11 is 5.90. The first-order chi connectivity index (χ1) is 12.7. The van der Waals surface area contributed by atoms with Crippen LogP contribution in [0, 0.1) is 0 Å². The van der Waals surface area contributed by atoms with Crippen LogP contribution >= 0.6 is 11.6 Å². The quantitative estimate of drug-likeness (QED) is 0.735. The zero-order valence-corrected chi connectivity index (χ0v) is 14.7. The average Bonchev–Trinajstić information content (AvgIpc) is 3.32. The van der Waals surface area contributed by atoms with Crippen molar-refractivity contribution in [2.24, 2.45) is 0 Å². The molecule has 26 heavy (non-hydrogen) atoms. The molecule has 0 radical (unpaired) electrons. The number of oxazole rings is 1. The molecule has 1 amide bonds. The van der Waals surface area contributed by atoms with E-state index in [1.165, 1.54) is 6.39 Å². The molecule has 1 unspecified atom stereocenters. The first kappa shape index (κ1) is 16.8. The molecular formula is C18H18ClN5O2. The second kappa shape index (κ2) is 7.31. The van der Waals surface area contributed by atoms with Gasteiger partial charge in [0.1, 0.15) is 5.76 Å². The number of piperidine rings is 1. The van der Waals surface area contributed by atoms with Gasteiger partial charge >= 0.3 is 0 Å². The van der Waals surface area contributed by atoms with Crippen LogP contribution in [0.3, 0.4) is 0 Å². The molecule has 3 heterocycles. The maximum atomic E-state index is 12.6. The van der Waals surface area contributed by atoms with Gasteiger partial charge in [0.2, 0.25) is 0 Å². The number of aromatic nitrogens is 3. The molecule has 7 nitrogen and oxygen atoms in total. The third-order valence-corrected chi connectivity index (χ3v) is 4.65. The summed E-state index contributed by atoms with van der Waals surface area (Å²) in [7, 11) is 0. The van der Waals surface area contributed by atoms with E-state index in [2.05, 4.69) is 20.7 Å². The van der Waals surface area contributed by atoms with E-state index in [0.29, 0.717) is 22.3 Å². The van der Waals surface area contributed by atoms with Crippen molar-refractivity contribution >= 4 is 23.3 Å². The Bertz CT molecular complexity index is 896. The number of amides is 1. The molecule has 3 aromatic rings. The minimum Gasteiger partial charge on any atom is -0.447 e. The molecule has 0 bridgehead atoms. The van der Waals surface area contributed by atoms with Crippen LogP contribution < -0.4 is 10.6 Å². The minimum atomic E-state index is -0.319. The molecule has 1 atom stereocenters. The maximum absolute atomic E-state index is 12.6. The Balaban J connectivity index is 1.49. The van der Waals surface area contributed by atoms with Crippen LogP contribution in [-0.2, 0) is 0 Å². The van der Waals surface area contributed by atoms with Crippen molar-refractivity contribution in [1.82, 2.24) is 20.1 Å². The van der Waals surface area contributed by atoms with Crippen LogP contribution in [0.4, 0.5) is 5.82 Å². The molecule has 0 saturated carbocycles. The van der Waals surface area contributed by atoms with E-state index in [4.69, 9.17) is 16.0 Å². The van der Waals surface area contributed by atoms with Gasteiger partial charge in [-0.15, -0.1) is 0 Å². The van der Waals surface area contributed by atoms with E-state index >= 15 is 0 Å². The second-order valence-electron chi connectivity index (χ2n) is 6.18. The Labute approximate surface area is 155 Å². The Kier molecular flexibility index (Phi) is 4.73. The number of nitrogens with one attached hydrogen (secondary N) is 2. The lowest BCUT2D eigenvalue weighted by Gasteiger charge is -2.21. The molecule has 2 aromatic heterocycles. The maximum Gasteiger partial charge on any atom is 0.279 e. The van der Waals surface area contributed by atoms with E-state index in [-0.39, 0.29) is 11.8 Å². The highest BCUT2D eigenvalue weighted by Gasteiger charge is 2.26. The van der Waals surface area contributed by atoms with Gasteiger partial charge in [-0.1, -0.05) is 11.6 Å². The van der Waals surface area contributed by atoms with E-state index < -0.39 is 0 Å². The molecule has 4 rings (SSSR count). The number of halogens is 1. The van der Waals surface area contributed by atoms with Crippen LogP contribution in [0.15, 0.2) is 47.3 Å². The molecule has 8 heteroatoms. The van der Waals surface area contributed by atoms with Crippen LogP contribution in [0.5, 0.6) is 0 Å². The first-order valence-electron chi connectivity index (χ1n) is 8.48. The highest BCUT2D eigenvalue weighted by Crippen LogP contribution is 2.26. The summed E-state index contributed by atoms with van der Waals surface area (Å²) in [6.45, 7) is 1.79. The molecule has 134 valence electrons. The molecule has 1 fully saturated rings. The van der Waals surface area contributed by atoms with Gasteiger partial charge in [-0.3, -0.25) is 4.79 Å². The predicted molar refractivity (Wildman–Crippen MR) is 97.9 cm³/mol. The zero-order valence-electron chi connectivity index (χ0n) is 14.0. The van der Waals surface area contributed by atoms with Gasteiger partial charge in [0, 0.05) is 29.7 Å². The lowest BCUT2D eigenvalue weighted by atomic mass is 9.95.